The molecule has 2 aliphatic heterocycles. The van der Waals surface area contributed by atoms with Crippen LogP contribution in [0.1, 0.15) is 42.1 Å². The Bertz CT molecular complexity index is 1060. The molecule has 0 aromatic heterocycles. The number of ketones is 1. The molecule has 2 fully saturated rings. The molecule has 0 bridgehead atoms. The van der Waals surface area contributed by atoms with Crippen LogP contribution in [0.15, 0.2) is 48.5 Å². The molecule has 3 atom stereocenters. The number of carbonyl (C=O) groups is 3. The third-order valence-electron chi connectivity index (χ3n) is 6.91. The number of hydrogen-bond donors (Lipinski definition) is 3. The maximum Gasteiger partial charge on any atom is 0.319 e. The number of rotatable bonds is 6. The smallest absolute Gasteiger partial charge is 0.319 e. The van der Waals surface area contributed by atoms with Crippen molar-refractivity contribution in [2.45, 2.75) is 38.6 Å². The minimum absolute atomic E-state index is 0.0736. The van der Waals surface area contributed by atoms with Crippen molar-refractivity contribution in [1.29, 1.82) is 0 Å². The Labute approximate surface area is 205 Å². The van der Waals surface area contributed by atoms with E-state index in [9.17, 15) is 18.8 Å². The van der Waals surface area contributed by atoms with Crippen LogP contribution < -0.4 is 16.0 Å². The molecule has 2 saturated heterocycles. The van der Waals surface area contributed by atoms with E-state index in [1.165, 1.54) is 19.1 Å². The second-order valence-electron chi connectivity index (χ2n) is 9.56. The molecular weight excluding hydrogens is 447 g/mol. The van der Waals surface area contributed by atoms with Crippen molar-refractivity contribution in [3.05, 3.63) is 65.5 Å². The summed E-state index contributed by atoms with van der Waals surface area (Å²) in [6, 6.07) is 12.6. The van der Waals surface area contributed by atoms with Crippen molar-refractivity contribution >= 4 is 23.4 Å². The van der Waals surface area contributed by atoms with E-state index in [0.29, 0.717) is 36.7 Å². The van der Waals surface area contributed by atoms with Gasteiger partial charge in [-0.25, -0.2) is 9.18 Å². The van der Waals surface area contributed by atoms with Gasteiger partial charge >= 0.3 is 6.03 Å². The summed E-state index contributed by atoms with van der Waals surface area (Å²) in [4.78, 5) is 39.8. The zero-order valence-electron chi connectivity index (χ0n) is 20.1. The number of urea groups is 1. The molecule has 186 valence electrons. The van der Waals surface area contributed by atoms with E-state index in [1.807, 2.05) is 17.0 Å². The summed E-state index contributed by atoms with van der Waals surface area (Å²) in [7, 11) is 0. The highest BCUT2D eigenvalue weighted by molar-refractivity contribution is 5.97. The van der Waals surface area contributed by atoms with E-state index >= 15 is 0 Å². The number of nitrogens with one attached hydrogen (secondary N) is 3. The van der Waals surface area contributed by atoms with Gasteiger partial charge in [-0.15, -0.1) is 0 Å². The predicted octanol–water partition coefficient (Wildman–Crippen LogP) is 3.61. The summed E-state index contributed by atoms with van der Waals surface area (Å²) in [6.07, 6.45) is 3.45. The van der Waals surface area contributed by atoms with Crippen molar-refractivity contribution in [2.75, 3.05) is 31.5 Å². The molecule has 0 spiro atoms. The summed E-state index contributed by atoms with van der Waals surface area (Å²) >= 11 is 0. The van der Waals surface area contributed by atoms with Crippen molar-refractivity contribution < 1.29 is 18.8 Å². The quantitative estimate of drug-likeness (QED) is 0.551. The van der Waals surface area contributed by atoms with Crippen LogP contribution in [-0.2, 0) is 11.2 Å². The Morgan fingerprint density at radius 2 is 1.91 bits per heavy atom. The van der Waals surface area contributed by atoms with E-state index in [4.69, 9.17) is 0 Å². The predicted molar refractivity (Wildman–Crippen MR) is 133 cm³/mol. The SMILES string of the molecule is CC(=O)c1cccc(NC(=O)N[C@H]2CNCC[C@@H]2C(=O)N2CCC[C@@H](Cc3ccc(F)cc3)C2)c1. The van der Waals surface area contributed by atoms with Crippen LogP contribution in [0.3, 0.4) is 0 Å². The van der Waals surface area contributed by atoms with Gasteiger partial charge in [-0.1, -0.05) is 24.3 Å². The van der Waals surface area contributed by atoms with Gasteiger partial charge in [0, 0.05) is 30.9 Å². The molecule has 3 amide bonds. The van der Waals surface area contributed by atoms with Gasteiger partial charge in [0.05, 0.1) is 12.0 Å². The summed E-state index contributed by atoms with van der Waals surface area (Å²) in [5.74, 6) is -0.192. The first kappa shape index (κ1) is 24.9. The van der Waals surface area contributed by atoms with E-state index in [-0.39, 0.29) is 29.5 Å². The number of piperidine rings is 2. The lowest BCUT2D eigenvalue weighted by Gasteiger charge is -2.39. The lowest BCUT2D eigenvalue weighted by Crippen LogP contribution is -2.57. The van der Waals surface area contributed by atoms with Crippen molar-refractivity contribution in [3.63, 3.8) is 0 Å². The molecule has 2 aromatic rings. The summed E-state index contributed by atoms with van der Waals surface area (Å²) in [6.45, 7) is 4.12. The number of anilines is 1. The minimum Gasteiger partial charge on any atom is -0.342 e. The maximum absolute atomic E-state index is 13.5. The molecule has 7 nitrogen and oxygen atoms in total. The average molecular weight is 481 g/mol. The molecule has 4 rings (SSSR count). The van der Waals surface area contributed by atoms with Crippen molar-refractivity contribution in [3.8, 4) is 0 Å². The number of nitrogens with zero attached hydrogens (tertiary/aromatic N) is 1. The number of likely N-dealkylation sites (tertiary alicyclic amines) is 1. The number of benzene rings is 2. The first-order valence-electron chi connectivity index (χ1n) is 12.3. The second kappa shape index (κ2) is 11.4. The van der Waals surface area contributed by atoms with Gasteiger partial charge < -0.3 is 20.9 Å². The highest BCUT2D eigenvalue weighted by Gasteiger charge is 2.36. The number of hydrogen-bond acceptors (Lipinski definition) is 4. The van der Waals surface area contributed by atoms with Crippen LogP contribution >= 0.6 is 0 Å². The lowest BCUT2D eigenvalue weighted by molar-refractivity contribution is -0.139. The van der Waals surface area contributed by atoms with Crippen LogP contribution in [0.25, 0.3) is 0 Å². The van der Waals surface area contributed by atoms with Crippen LogP contribution in [0.5, 0.6) is 0 Å². The Morgan fingerprint density at radius 1 is 1.11 bits per heavy atom. The lowest BCUT2D eigenvalue weighted by atomic mass is 9.87. The van der Waals surface area contributed by atoms with Gasteiger partial charge in [-0.3, -0.25) is 9.59 Å². The van der Waals surface area contributed by atoms with Gasteiger partial charge in [-0.2, -0.15) is 0 Å². The third-order valence-corrected chi connectivity index (χ3v) is 6.91. The van der Waals surface area contributed by atoms with Gasteiger partial charge in [0.2, 0.25) is 5.91 Å². The van der Waals surface area contributed by atoms with E-state index < -0.39 is 6.03 Å². The normalized spacial score (nSPS) is 22.3. The van der Waals surface area contributed by atoms with E-state index in [1.54, 1.807) is 24.3 Å². The molecule has 0 saturated carbocycles. The number of amides is 3. The Hall–Kier alpha value is -3.26. The molecule has 0 aliphatic carbocycles. The number of halogens is 1. The Balaban J connectivity index is 1.36. The van der Waals surface area contributed by atoms with Crippen LogP contribution in [0.2, 0.25) is 0 Å². The third kappa shape index (κ3) is 6.66. The summed E-state index contributed by atoms with van der Waals surface area (Å²) in [5, 5.41) is 9.02. The van der Waals surface area contributed by atoms with Gasteiger partial charge in [-0.05, 0) is 74.9 Å². The molecule has 2 heterocycles. The van der Waals surface area contributed by atoms with Crippen molar-refractivity contribution in [1.82, 2.24) is 15.5 Å². The Kier molecular flexibility index (Phi) is 8.13. The average Bonchev–Trinajstić information content (AvgIpc) is 2.85. The molecule has 2 aliphatic rings. The Morgan fingerprint density at radius 3 is 2.69 bits per heavy atom. The fourth-order valence-corrected chi connectivity index (χ4v) is 5.08. The van der Waals surface area contributed by atoms with Gasteiger partial charge in [0.25, 0.3) is 0 Å². The zero-order chi connectivity index (χ0) is 24.8. The fourth-order valence-electron chi connectivity index (χ4n) is 5.08. The molecule has 3 N–H and O–H groups in total. The molecule has 35 heavy (non-hydrogen) atoms. The standard InChI is InChI=1S/C27H33FN4O3/c1-18(33)21-5-2-6-23(15-21)30-27(35)31-25-16-29-12-11-24(25)26(34)32-13-3-4-20(17-32)14-19-7-9-22(28)10-8-19/h2,5-10,15,20,24-25,29H,3-4,11-14,16-17H2,1H3,(H2,30,31,35)/t20-,24-,25-/m0/s1. The summed E-state index contributed by atoms with van der Waals surface area (Å²) in [5.41, 5.74) is 2.13. The zero-order valence-corrected chi connectivity index (χ0v) is 20.1. The molecule has 0 radical (unpaired) electrons. The summed E-state index contributed by atoms with van der Waals surface area (Å²) < 4.78 is 13.2. The van der Waals surface area contributed by atoms with Crippen LogP contribution in [-0.4, -0.2) is 54.8 Å². The highest BCUT2D eigenvalue weighted by atomic mass is 19.1. The maximum atomic E-state index is 13.5. The van der Waals surface area contributed by atoms with Crippen LogP contribution in [0, 0.1) is 17.7 Å². The minimum atomic E-state index is -0.398. The van der Waals surface area contributed by atoms with Gasteiger partial charge in [0.1, 0.15) is 5.82 Å². The van der Waals surface area contributed by atoms with Crippen molar-refractivity contribution in [2.24, 2.45) is 11.8 Å². The first-order valence-corrected chi connectivity index (χ1v) is 12.3. The van der Waals surface area contributed by atoms with E-state index in [0.717, 1.165) is 37.9 Å². The van der Waals surface area contributed by atoms with Gasteiger partial charge in [0.15, 0.2) is 5.78 Å². The topological polar surface area (TPSA) is 90.5 Å². The fraction of sp³-hybridized carbons (Fsp3) is 0.444. The first-order chi connectivity index (χ1) is 16.9. The highest BCUT2D eigenvalue weighted by Crippen LogP contribution is 2.25. The monoisotopic (exact) mass is 480 g/mol. The molecule has 0 unspecified atom stereocenters. The molecule has 8 heteroatoms. The number of Topliss-reactive ketones (excluding diaryl/α,β-unsaturated/α-hetero) is 1. The second-order valence-corrected chi connectivity index (χ2v) is 9.56. The molecule has 2 aromatic carbocycles. The molecular formula is C27H33FN4O3. The number of carbonyl (C=O) groups excluding carboxylic acids is 3. The largest absolute Gasteiger partial charge is 0.342 e. The van der Waals surface area contributed by atoms with Crippen LogP contribution in [0.4, 0.5) is 14.9 Å². The van der Waals surface area contributed by atoms with E-state index in [2.05, 4.69) is 16.0 Å².